The second-order valence-electron chi connectivity index (χ2n) is 5.04. The van der Waals surface area contributed by atoms with Crippen molar-refractivity contribution < 1.29 is 9.18 Å². The van der Waals surface area contributed by atoms with E-state index >= 15 is 0 Å². The Labute approximate surface area is 136 Å². The van der Waals surface area contributed by atoms with Crippen LogP contribution >= 0.6 is 12.2 Å². The molecule has 0 spiro atoms. The fourth-order valence-electron chi connectivity index (χ4n) is 2.11. The van der Waals surface area contributed by atoms with Crippen LogP contribution < -0.4 is 10.6 Å². The Morgan fingerprint density at radius 3 is 2.70 bits per heavy atom. The number of aryl methyl sites for hydroxylation is 1. The van der Waals surface area contributed by atoms with Gasteiger partial charge in [0.1, 0.15) is 5.82 Å². The SMILES string of the molecule is Cc1ccc(C(=O)NC(=S)Nc2n[nH]c3cc(F)ccc23)cc1. The molecule has 0 bridgehead atoms. The van der Waals surface area contributed by atoms with Crippen molar-refractivity contribution in [1.29, 1.82) is 0 Å². The number of carbonyl (C=O) groups is 1. The number of fused-ring (bicyclic) bond motifs is 1. The number of aromatic nitrogens is 2. The summed E-state index contributed by atoms with van der Waals surface area (Å²) in [7, 11) is 0. The van der Waals surface area contributed by atoms with Gasteiger partial charge < -0.3 is 5.32 Å². The van der Waals surface area contributed by atoms with Gasteiger partial charge >= 0.3 is 0 Å². The van der Waals surface area contributed by atoms with Gasteiger partial charge in [-0.3, -0.25) is 15.2 Å². The van der Waals surface area contributed by atoms with Gasteiger partial charge in [0.15, 0.2) is 10.9 Å². The average Bonchev–Trinajstić information content (AvgIpc) is 2.89. The molecule has 0 aliphatic heterocycles. The second kappa shape index (κ2) is 6.13. The van der Waals surface area contributed by atoms with Crippen molar-refractivity contribution in [2.45, 2.75) is 6.92 Å². The van der Waals surface area contributed by atoms with E-state index in [0.717, 1.165) is 5.56 Å². The van der Waals surface area contributed by atoms with E-state index in [1.165, 1.54) is 12.1 Å². The molecule has 3 rings (SSSR count). The number of hydrogen-bond acceptors (Lipinski definition) is 3. The molecule has 1 amide bonds. The van der Waals surface area contributed by atoms with Gasteiger partial charge in [-0.1, -0.05) is 17.7 Å². The highest BCUT2D eigenvalue weighted by atomic mass is 32.1. The lowest BCUT2D eigenvalue weighted by molar-refractivity contribution is 0.0977. The molecule has 0 fully saturated rings. The first-order chi connectivity index (χ1) is 11.0. The summed E-state index contributed by atoms with van der Waals surface area (Å²) in [4.78, 5) is 12.1. The predicted octanol–water partition coefficient (Wildman–Crippen LogP) is 3.14. The summed E-state index contributed by atoms with van der Waals surface area (Å²) in [5.41, 5.74) is 2.12. The van der Waals surface area contributed by atoms with Gasteiger partial charge in [0.05, 0.1) is 5.52 Å². The minimum absolute atomic E-state index is 0.119. The molecule has 5 nitrogen and oxygen atoms in total. The number of anilines is 1. The highest BCUT2D eigenvalue weighted by molar-refractivity contribution is 7.80. The van der Waals surface area contributed by atoms with Crippen molar-refractivity contribution in [3.63, 3.8) is 0 Å². The predicted molar refractivity (Wildman–Crippen MR) is 90.9 cm³/mol. The topological polar surface area (TPSA) is 69.8 Å². The standard InChI is InChI=1S/C16H13FN4OS/c1-9-2-4-10(5-3-9)15(22)19-16(23)18-14-12-7-6-11(17)8-13(12)20-21-14/h2-8H,1H3,(H3,18,19,20,21,22,23). The summed E-state index contributed by atoms with van der Waals surface area (Å²) < 4.78 is 13.1. The summed E-state index contributed by atoms with van der Waals surface area (Å²) in [6.45, 7) is 1.94. The lowest BCUT2D eigenvalue weighted by atomic mass is 10.1. The van der Waals surface area contributed by atoms with Gasteiger partial charge in [-0.25, -0.2) is 4.39 Å². The first kappa shape index (κ1) is 15.1. The molecule has 23 heavy (non-hydrogen) atoms. The molecule has 0 saturated heterocycles. The Morgan fingerprint density at radius 1 is 1.22 bits per heavy atom. The van der Waals surface area contributed by atoms with E-state index in [4.69, 9.17) is 12.2 Å². The molecule has 0 atom stereocenters. The van der Waals surface area contributed by atoms with Crippen LogP contribution in [0.25, 0.3) is 10.9 Å². The van der Waals surface area contributed by atoms with E-state index in [0.29, 0.717) is 22.3 Å². The molecule has 0 aliphatic carbocycles. The molecule has 2 aromatic carbocycles. The fourth-order valence-corrected chi connectivity index (χ4v) is 2.30. The Morgan fingerprint density at radius 2 is 1.96 bits per heavy atom. The molecule has 1 heterocycles. The number of rotatable bonds is 2. The first-order valence-electron chi connectivity index (χ1n) is 6.85. The molecule has 7 heteroatoms. The molecule has 0 saturated carbocycles. The number of benzene rings is 2. The van der Waals surface area contributed by atoms with Crippen molar-refractivity contribution in [1.82, 2.24) is 15.5 Å². The Kier molecular flexibility index (Phi) is 4.03. The van der Waals surface area contributed by atoms with Gasteiger partial charge in [0.25, 0.3) is 5.91 Å². The minimum Gasteiger partial charge on any atom is -0.315 e. The summed E-state index contributed by atoms with van der Waals surface area (Å²) in [5.74, 6) is -0.245. The van der Waals surface area contributed by atoms with Crippen LogP contribution in [0.1, 0.15) is 15.9 Å². The van der Waals surface area contributed by atoms with Gasteiger partial charge in [0.2, 0.25) is 0 Å². The van der Waals surface area contributed by atoms with Crippen molar-refractivity contribution in [3.05, 3.63) is 59.4 Å². The fraction of sp³-hybridized carbons (Fsp3) is 0.0625. The van der Waals surface area contributed by atoms with Crippen LogP contribution in [0, 0.1) is 12.7 Å². The molecule has 0 aliphatic rings. The van der Waals surface area contributed by atoms with Crippen LogP contribution in [0.15, 0.2) is 42.5 Å². The number of aromatic amines is 1. The van der Waals surface area contributed by atoms with Crippen LogP contribution in [0.4, 0.5) is 10.2 Å². The highest BCUT2D eigenvalue weighted by Crippen LogP contribution is 2.20. The third-order valence-corrected chi connectivity index (χ3v) is 3.50. The van der Waals surface area contributed by atoms with Gasteiger partial charge in [0, 0.05) is 10.9 Å². The molecule has 0 unspecified atom stereocenters. The Balaban J connectivity index is 1.71. The normalized spacial score (nSPS) is 10.5. The maximum Gasteiger partial charge on any atom is 0.257 e. The van der Waals surface area contributed by atoms with Crippen molar-refractivity contribution in [2.75, 3.05) is 5.32 Å². The van der Waals surface area contributed by atoms with E-state index in [1.54, 1.807) is 18.2 Å². The zero-order valence-electron chi connectivity index (χ0n) is 12.2. The van der Waals surface area contributed by atoms with Crippen LogP contribution in [-0.4, -0.2) is 21.2 Å². The van der Waals surface area contributed by atoms with E-state index < -0.39 is 0 Å². The smallest absolute Gasteiger partial charge is 0.257 e. The lowest BCUT2D eigenvalue weighted by Crippen LogP contribution is -2.34. The van der Waals surface area contributed by atoms with Gasteiger partial charge in [-0.05, 0) is 49.5 Å². The molecule has 3 aromatic rings. The van der Waals surface area contributed by atoms with E-state index in [2.05, 4.69) is 20.8 Å². The number of thiocarbonyl (C=S) groups is 1. The van der Waals surface area contributed by atoms with Gasteiger partial charge in [-0.2, -0.15) is 5.10 Å². The summed E-state index contributed by atoms with van der Waals surface area (Å²) >= 11 is 5.12. The molecule has 3 N–H and O–H groups in total. The molecule has 1 aromatic heterocycles. The van der Waals surface area contributed by atoms with Crippen molar-refractivity contribution in [3.8, 4) is 0 Å². The number of hydrogen-bond donors (Lipinski definition) is 3. The molecule has 0 radical (unpaired) electrons. The number of amides is 1. The van der Waals surface area contributed by atoms with Crippen LogP contribution in [0.5, 0.6) is 0 Å². The number of H-pyrrole nitrogens is 1. The monoisotopic (exact) mass is 328 g/mol. The van der Waals surface area contributed by atoms with E-state index in [-0.39, 0.29) is 16.8 Å². The quantitative estimate of drug-likeness (QED) is 0.632. The number of halogens is 1. The van der Waals surface area contributed by atoms with Crippen LogP contribution in [0.3, 0.4) is 0 Å². The number of nitrogens with one attached hydrogen (secondary N) is 3. The van der Waals surface area contributed by atoms with Crippen molar-refractivity contribution in [2.24, 2.45) is 0 Å². The van der Waals surface area contributed by atoms with Gasteiger partial charge in [-0.15, -0.1) is 0 Å². The number of nitrogens with zero attached hydrogens (tertiary/aromatic N) is 1. The third-order valence-electron chi connectivity index (χ3n) is 3.30. The van der Waals surface area contributed by atoms with Crippen molar-refractivity contribution >= 4 is 40.0 Å². The Hall–Kier alpha value is -2.80. The summed E-state index contributed by atoms with van der Waals surface area (Å²) in [6.07, 6.45) is 0. The third kappa shape index (κ3) is 3.35. The molecular weight excluding hydrogens is 315 g/mol. The molecule has 116 valence electrons. The average molecular weight is 328 g/mol. The van der Waals surface area contributed by atoms with Crippen LogP contribution in [-0.2, 0) is 0 Å². The summed E-state index contributed by atoms with van der Waals surface area (Å²) in [5, 5.41) is 12.9. The highest BCUT2D eigenvalue weighted by Gasteiger charge is 2.11. The Bertz CT molecular complexity index is 889. The maximum absolute atomic E-state index is 13.1. The first-order valence-corrected chi connectivity index (χ1v) is 7.26. The zero-order valence-corrected chi connectivity index (χ0v) is 13.0. The number of carbonyl (C=O) groups excluding carboxylic acids is 1. The minimum atomic E-state index is -0.358. The van der Waals surface area contributed by atoms with E-state index in [9.17, 15) is 9.18 Å². The van der Waals surface area contributed by atoms with Crippen LogP contribution in [0.2, 0.25) is 0 Å². The molecular formula is C16H13FN4OS. The second-order valence-corrected chi connectivity index (χ2v) is 5.44. The largest absolute Gasteiger partial charge is 0.315 e. The lowest BCUT2D eigenvalue weighted by Gasteiger charge is -2.08. The zero-order chi connectivity index (χ0) is 16.4. The van der Waals surface area contributed by atoms with E-state index in [1.807, 2.05) is 19.1 Å². The maximum atomic E-state index is 13.1. The summed E-state index contributed by atoms with van der Waals surface area (Å²) in [6, 6.07) is 11.4.